The highest BCUT2D eigenvalue weighted by molar-refractivity contribution is 7.14. The Balaban J connectivity index is 2.50. The predicted octanol–water partition coefficient (Wildman–Crippen LogP) is 6.14. The first-order valence-electron chi connectivity index (χ1n) is 7.41. The Kier molecular flexibility index (Phi) is 5.44. The number of hydrogen-bond donors (Lipinski definition) is 2. The van der Waals surface area contributed by atoms with Gasteiger partial charge in [0.1, 0.15) is 10.0 Å². The van der Waals surface area contributed by atoms with Crippen molar-refractivity contribution in [2.75, 3.05) is 0 Å². The number of nitrogens with zero attached hydrogens (tertiary/aromatic N) is 1. The van der Waals surface area contributed by atoms with E-state index in [1.165, 1.54) is 17.6 Å². The first-order chi connectivity index (χ1) is 12.7. The molecule has 9 heteroatoms. The number of carboxylic acid groups (broad SMARTS) is 2. The Hall–Kier alpha value is -2.12. The van der Waals surface area contributed by atoms with E-state index in [1.807, 2.05) is 0 Å². The first kappa shape index (κ1) is 19.6. The zero-order valence-corrected chi connectivity index (χ0v) is 16.7. The molecule has 2 aromatic carbocycles. The highest BCUT2D eigenvalue weighted by Gasteiger charge is 2.29. The van der Waals surface area contributed by atoms with Gasteiger partial charge in [-0.1, -0.05) is 40.9 Å². The van der Waals surface area contributed by atoms with E-state index in [4.69, 9.17) is 34.8 Å². The van der Waals surface area contributed by atoms with E-state index in [0.717, 1.165) is 11.3 Å². The molecule has 3 rings (SSSR count). The minimum absolute atomic E-state index is 0.0535. The molecule has 0 unspecified atom stereocenters. The third-order valence-corrected chi connectivity index (χ3v) is 5.54. The van der Waals surface area contributed by atoms with Gasteiger partial charge in [-0.2, -0.15) is 0 Å². The summed E-state index contributed by atoms with van der Waals surface area (Å²) in [5, 5.41) is 20.2. The lowest BCUT2D eigenvalue weighted by atomic mass is 9.87. The Labute approximate surface area is 172 Å². The molecule has 1 aromatic heterocycles. The molecule has 0 amide bonds. The van der Waals surface area contributed by atoms with Crippen molar-refractivity contribution < 1.29 is 19.8 Å². The van der Waals surface area contributed by atoms with E-state index >= 15 is 0 Å². The second kappa shape index (κ2) is 7.48. The molecule has 0 spiro atoms. The smallest absolute Gasteiger partial charge is 0.337 e. The van der Waals surface area contributed by atoms with Crippen LogP contribution in [0, 0.1) is 6.92 Å². The van der Waals surface area contributed by atoms with Crippen molar-refractivity contribution in [2.45, 2.75) is 6.92 Å². The summed E-state index contributed by atoms with van der Waals surface area (Å²) >= 11 is 19.4. The molecule has 0 fully saturated rings. The van der Waals surface area contributed by atoms with Crippen LogP contribution in [-0.2, 0) is 0 Å². The number of benzene rings is 2. The van der Waals surface area contributed by atoms with Gasteiger partial charge >= 0.3 is 11.9 Å². The fourth-order valence-electron chi connectivity index (χ4n) is 2.87. The molecule has 2 N–H and O–H groups in total. The molecule has 27 heavy (non-hydrogen) atoms. The summed E-state index contributed by atoms with van der Waals surface area (Å²) in [6.45, 7) is 1.58. The van der Waals surface area contributed by atoms with Crippen molar-refractivity contribution in [1.29, 1.82) is 0 Å². The second-order valence-corrected chi connectivity index (χ2v) is 7.88. The molecule has 0 aliphatic heterocycles. The van der Waals surface area contributed by atoms with Gasteiger partial charge in [-0.25, -0.2) is 14.6 Å². The number of rotatable bonds is 4. The van der Waals surface area contributed by atoms with Crippen LogP contribution in [0.15, 0.2) is 29.8 Å². The quantitative estimate of drug-likeness (QED) is 0.506. The van der Waals surface area contributed by atoms with E-state index in [2.05, 4.69) is 4.98 Å². The van der Waals surface area contributed by atoms with Crippen LogP contribution in [-0.4, -0.2) is 27.1 Å². The molecule has 0 saturated heterocycles. The van der Waals surface area contributed by atoms with Crippen LogP contribution in [0.25, 0.3) is 22.4 Å². The van der Waals surface area contributed by atoms with Gasteiger partial charge in [0.2, 0.25) is 0 Å². The van der Waals surface area contributed by atoms with Crippen LogP contribution < -0.4 is 0 Å². The van der Waals surface area contributed by atoms with Crippen molar-refractivity contribution in [3.8, 4) is 22.4 Å². The standard InChI is InChI=1S/C18H10Cl3NO4S/c1-7-4-10(9-3-2-8(19)5-11(9)20)13(18(25)26)14(12(7)17(23)24)15-16(21)27-6-22-15/h2-6H,1H3,(H,23,24)(H,25,26). The van der Waals surface area contributed by atoms with Crippen molar-refractivity contribution in [3.05, 3.63) is 60.8 Å². The highest BCUT2D eigenvalue weighted by Crippen LogP contribution is 2.42. The largest absolute Gasteiger partial charge is 0.478 e. The van der Waals surface area contributed by atoms with Crippen molar-refractivity contribution in [2.24, 2.45) is 0 Å². The van der Waals surface area contributed by atoms with Gasteiger partial charge < -0.3 is 10.2 Å². The maximum absolute atomic E-state index is 12.2. The van der Waals surface area contributed by atoms with E-state index in [0.29, 0.717) is 16.1 Å². The molecule has 5 nitrogen and oxygen atoms in total. The number of carbonyl (C=O) groups is 2. The number of aryl methyl sites for hydroxylation is 1. The Bertz CT molecular complexity index is 1090. The van der Waals surface area contributed by atoms with Gasteiger partial charge in [0.25, 0.3) is 0 Å². The first-order valence-corrected chi connectivity index (χ1v) is 9.42. The maximum Gasteiger partial charge on any atom is 0.337 e. The number of aromatic nitrogens is 1. The Morgan fingerprint density at radius 2 is 1.67 bits per heavy atom. The molecular weight excluding hydrogens is 433 g/mol. The third kappa shape index (κ3) is 3.53. The average Bonchev–Trinajstić information content (AvgIpc) is 2.98. The molecule has 0 bridgehead atoms. The van der Waals surface area contributed by atoms with Gasteiger partial charge in [-0.15, -0.1) is 11.3 Å². The lowest BCUT2D eigenvalue weighted by Crippen LogP contribution is -2.11. The number of carboxylic acids is 2. The van der Waals surface area contributed by atoms with E-state index in [-0.39, 0.29) is 37.3 Å². The normalized spacial score (nSPS) is 10.8. The Morgan fingerprint density at radius 3 is 2.19 bits per heavy atom. The SMILES string of the molecule is Cc1cc(-c2ccc(Cl)cc2Cl)c(C(=O)O)c(-c2ncsc2Cl)c1C(=O)O. The lowest BCUT2D eigenvalue weighted by molar-refractivity contribution is 0.0695. The van der Waals surface area contributed by atoms with Crippen molar-refractivity contribution in [1.82, 2.24) is 4.98 Å². The number of halogens is 3. The molecular formula is C18H10Cl3NO4S. The minimum Gasteiger partial charge on any atom is -0.478 e. The van der Waals surface area contributed by atoms with Crippen LogP contribution in [0.5, 0.6) is 0 Å². The molecule has 0 aliphatic rings. The highest BCUT2D eigenvalue weighted by atomic mass is 35.5. The summed E-state index contributed by atoms with van der Waals surface area (Å²) in [6.07, 6.45) is 0. The molecule has 3 aromatic rings. The van der Waals surface area contributed by atoms with Gasteiger partial charge in [0.15, 0.2) is 0 Å². The van der Waals surface area contributed by atoms with Gasteiger partial charge in [-0.3, -0.25) is 0 Å². The average molecular weight is 443 g/mol. The van der Waals surface area contributed by atoms with Crippen LogP contribution in [0.3, 0.4) is 0 Å². The van der Waals surface area contributed by atoms with E-state index in [9.17, 15) is 19.8 Å². The lowest BCUT2D eigenvalue weighted by Gasteiger charge is -2.17. The summed E-state index contributed by atoms with van der Waals surface area (Å²) in [5.74, 6) is -2.60. The fraction of sp³-hybridized carbons (Fsp3) is 0.0556. The molecule has 0 saturated carbocycles. The van der Waals surface area contributed by atoms with Crippen LogP contribution >= 0.6 is 46.1 Å². The topological polar surface area (TPSA) is 87.5 Å². The summed E-state index contributed by atoms with van der Waals surface area (Å²) in [4.78, 5) is 28.1. The number of aromatic carboxylic acids is 2. The Morgan fingerprint density at radius 1 is 1.00 bits per heavy atom. The monoisotopic (exact) mass is 441 g/mol. The maximum atomic E-state index is 12.2. The zero-order chi connectivity index (χ0) is 19.9. The molecule has 138 valence electrons. The van der Waals surface area contributed by atoms with Crippen molar-refractivity contribution in [3.63, 3.8) is 0 Å². The summed E-state index contributed by atoms with van der Waals surface area (Å²) in [7, 11) is 0. The zero-order valence-electron chi connectivity index (χ0n) is 13.6. The van der Waals surface area contributed by atoms with Gasteiger partial charge in [-0.05, 0) is 36.2 Å². The summed E-state index contributed by atoms with van der Waals surface area (Å²) in [5.41, 5.74) is 2.08. The number of hydrogen-bond acceptors (Lipinski definition) is 4. The molecule has 0 aliphatic carbocycles. The second-order valence-electron chi connectivity index (χ2n) is 5.58. The molecule has 1 heterocycles. The predicted molar refractivity (Wildman–Crippen MR) is 107 cm³/mol. The number of thiazole rings is 1. The molecule has 0 atom stereocenters. The summed E-state index contributed by atoms with van der Waals surface area (Å²) < 4.78 is 0.193. The van der Waals surface area contributed by atoms with Crippen LogP contribution in [0.2, 0.25) is 14.4 Å². The van der Waals surface area contributed by atoms with E-state index < -0.39 is 11.9 Å². The fourth-order valence-corrected chi connectivity index (χ4v) is 4.16. The van der Waals surface area contributed by atoms with Gasteiger partial charge in [0, 0.05) is 21.2 Å². The van der Waals surface area contributed by atoms with Crippen LogP contribution in [0.4, 0.5) is 0 Å². The summed E-state index contributed by atoms with van der Waals surface area (Å²) in [6, 6.07) is 6.12. The molecule has 0 radical (unpaired) electrons. The van der Waals surface area contributed by atoms with Gasteiger partial charge in [0.05, 0.1) is 16.6 Å². The third-order valence-electron chi connectivity index (χ3n) is 3.93. The minimum atomic E-state index is -1.32. The van der Waals surface area contributed by atoms with Crippen molar-refractivity contribution >= 4 is 58.1 Å². The van der Waals surface area contributed by atoms with Crippen LogP contribution in [0.1, 0.15) is 26.3 Å². The van der Waals surface area contributed by atoms with E-state index in [1.54, 1.807) is 19.1 Å².